The summed E-state index contributed by atoms with van der Waals surface area (Å²) >= 11 is 0. The third kappa shape index (κ3) is 4.55. The molecule has 0 aliphatic carbocycles. The zero-order valence-corrected chi connectivity index (χ0v) is 16.1. The van der Waals surface area contributed by atoms with Crippen LogP contribution in [0.25, 0.3) is 11.0 Å². The lowest BCUT2D eigenvalue weighted by Gasteiger charge is -2.21. The smallest absolute Gasteiger partial charge is 0.274 e. The zero-order chi connectivity index (χ0) is 20.8. The van der Waals surface area contributed by atoms with Gasteiger partial charge in [0.1, 0.15) is 5.52 Å². The molecule has 4 N–H and O–H groups in total. The van der Waals surface area contributed by atoms with E-state index in [1.807, 2.05) is 36.1 Å². The monoisotopic (exact) mass is 397 g/mol. The van der Waals surface area contributed by atoms with Crippen LogP contribution >= 0.6 is 0 Å². The first-order valence-corrected chi connectivity index (χ1v) is 9.31. The van der Waals surface area contributed by atoms with Crippen molar-refractivity contribution >= 4 is 34.0 Å². The van der Waals surface area contributed by atoms with Gasteiger partial charge in [0.15, 0.2) is 0 Å². The molecule has 0 atom stereocenters. The van der Waals surface area contributed by atoms with Crippen molar-refractivity contribution in [3.8, 4) is 0 Å². The Hall–Kier alpha value is -3.37. The van der Waals surface area contributed by atoms with Gasteiger partial charge in [-0.15, -0.1) is 10.2 Å². The normalized spacial score (nSPS) is 11.4. The molecule has 0 amide bonds. The lowest BCUT2D eigenvalue weighted by molar-refractivity contribution is -0.385. The Morgan fingerprint density at radius 3 is 2.62 bits per heavy atom. The summed E-state index contributed by atoms with van der Waals surface area (Å²) < 4.78 is 0. The molecule has 2 aromatic carbocycles. The number of nitro groups is 1. The van der Waals surface area contributed by atoms with Crippen LogP contribution in [-0.4, -0.2) is 46.2 Å². The van der Waals surface area contributed by atoms with Crippen LogP contribution in [0.15, 0.2) is 46.6 Å². The third-order valence-electron chi connectivity index (χ3n) is 4.54. The second-order valence-corrected chi connectivity index (χ2v) is 6.34. The largest absolute Gasteiger partial charge is 0.395 e. The van der Waals surface area contributed by atoms with E-state index in [9.17, 15) is 10.1 Å². The van der Waals surface area contributed by atoms with Crippen molar-refractivity contribution in [2.24, 2.45) is 16.0 Å². The number of nitrogens with zero attached hydrogens (tertiary/aromatic N) is 5. The van der Waals surface area contributed by atoms with Gasteiger partial charge in [-0.3, -0.25) is 10.1 Å². The molecule has 3 rings (SSSR count). The van der Waals surface area contributed by atoms with Crippen molar-refractivity contribution in [1.29, 1.82) is 0 Å². The number of hydrogen-bond acceptors (Lipinski definition) is 8. The molecule has 0 aliphatic rings. The Bertz CT molecular complexity index is 1010. The summed E-state index contributed by atoms with van der Waals surface area (Å²) in [6.45, 7) is 3.74. The molecule has 0 radical (unpaired) electrons. The third-order valence-corrected chi connectivity index (χ3v) is 4.54. The lowest BCUT2D eigenvalue weighted by atomic mass is 10.1. The lowest BCUT2D eigenvalue weighted by Crippen LogP contribution is -2.25. The molecule has 0 spiro atoms. The average Bonchev–Trinajstić information content (AvgIpc) is 3.15. The Balaban J connectivity index is 1.85. The molecule has 0 fully saturated rings. The maximum absolute atomic E-state index is 11.3. The average molecular weight is 397 g/mol. The predicted octanol–water partition coefficient (Wildman–Crippen LogP) is 3.21. The van der Waals surface area contributed by atoms with E-state index in [0.717, 1.165) is 12.2 Å². The summed E-state index contributed by atoms with van der Waals surface area (Å²) in [5, 5.41) is 28.7. The number of likely N-dealkylation sites (N-methyl/N-ethyl adjacent to an activating group) is 1. The molecular formula is C19H23N7O3. The van der Waals surface area contributed by atoms with E-state index >= 15 is 0 Å². The number of nitro benzene ring substituents is 1. The molecule has 3 aromatic rings. The van der Waals surface area contributed by atoms with Crippen LogP contribution in [0.2, 0.25) is 0 Å². The SMILES string of the molecule is CCN(CCO)c1ccc(N=Nc2nc3c(CCN)c([N+](=O)[O-])ccc3[nH]2)cc1. The van der Waals surface area contributed by atoms with Crippen molar-refractivity contribution < 1.29 is 10.0 Å². The molecule has 0 unspecified atom stereocenters. The van der Waals surface area contributed by atoms with E-state index in [1.54, 1.807) is 6.07 Å². The Morgan fingerprint density at radius 1 is 1.24 bits per heavy atom. The summed E-state index contributed by atoms with van der Waals surface area (Å²) in [5.74, 6) is 0.262. The number of benzene rings is 2. The van der Waals surface area contributed by atoms with E-state index < -0.39 is 4.92 Å². The number of azo groups is 1. The van der Waals surface area contributed by atoms with Crippen LogP contribution in [-0.2, 0) is 6.42 Å². The van der Waals surface area contributed by atoms with E-state index in [4.69, 9.17) is 10.8 Å². The first-order chi connectivity index (χ1) is 14.1. The molecule has 0 saturated heterocycles. The highest BCUT2D eigenvalue weighted by atomic mass is 16.6. The van der Waals surface area contributed by atoms with Crippen LogP contribution in [0.5, 0.6) is 0 Å². The van der Waals surface area contributed by atoms with Crippen molar-refractivity contribution in [2.45, 2.75) is 13.3 Å². The number of anilines is 1. The molecule has 29 heavy (non-hydrogen) atoms. The van der Waals surface area contributed by atoms with Gasteiger partial charge in [-0.25, -0.2) is 4.98 Å². The van der Waals surface area contributed by atoms with Crippen LogP contribution in [0.1, 0.15) is 12.5 Å². The first kappa shape index (κ1) is 20.4. The van der Waals surface area contributed by atoms with E-state index in [0.29, 0.717) is 35.2 Å². The highest BCUT2D eigenvalue weighted by molar-refractivity contribution is 5.84. The minimum absolute atomic E-state index is 0.00288. The van der Waals surface area contributed by atoms with Crippen LogP contribution in [0.4, 0.5) is 23.0 Å². The highest BCUT2D eigenvalue weighted by Gasteiger charge is 2.19. The zero-order valence-electron chi connectivity index (χ0n) is 16.1. The number of aromatic nitrogens is 2. The fourth-order valence-corrected chi connectivity index (χ4v) is 3.14. The molecule has 0 bridgehead atoms. The molecule has 152 valence electrons. The summed E-state index contributed by atoms with van der Waals surface area (Å²) in [6, 6.07) is 10.5. The maximum Gasteiger partial charge on any atom is 0.274 e. The summed E-state index contributed by atoms with van der Waals surface area (Å²) in [7, 11) is 0. The van der Waals surface area contributed by atoms with Gasteiger partial charge in [0.2, 0.25) is 5.95 Å². The fraction of sp³-hybridized carbons (Fsp3) is 0.316. The van der Waals surface area contributed by atoms with Gasteiger partial charge in [-0.1, -0.05) is 0 Å². The first-order valence-electron chi connectivity index (χ1n) is 9.31. The van der Waals surface area contributed by atoms with E-state index in [2.05, 4.69) is 20.2 Å². The number of rotatable bonds is 9. The van der Waals surface area contributed by atoms with Gasteiger partial charge < -0.3 is 20.7 Å². The quantitative estimate of drug-likeness (QED) is 0.287. The van der Waals surface area contributed by atoms with Gasteiger partial charge in [-0.2, -0.15) is 0 Å². The number of aromatic amines is 1. The number of imidazole rings is 1. The summed E-state index contributed by atoms with van der Waals surface area (Å²) in [6.07, 6.45) is 0.346. The molecule has 0 aliphatic heterocycles. The summed E-state index contributed by atoms with van der Waals surface area (Å²) in [4.78, 5) is 20.3. The number of fused-ring (bicyclic) bond motifs is 1. The Morgan fingerprint density at radius 2 is 2.00 bits per heavy atom. The minimum atomic E-state index is -0.432. The predicted molar refractivity (Wildman–Crippen MR) is 111 cm³/mol. The molecule has 10 nitrogen and oxygen atoms in total. The Kier molecular flexibility index (Phi) is 6.47. The second kappa shape index (κ2) is 9.22. The highest BCUT2D eigenvalue weighted by Crippen LogP contribution is 2.29. The number of aliphatic hydroxyl groups excluding tert-OH is 1. The number of hydrogen-bond donors (Lipinski definition) is 3. The number of nitrogens with one attached hydrogen (secondary N) is 1. The summed E-state index contributed by atoms with van der Waals surface area (Å²) in [5.41, 5.74) is 8.85. The number of aliphatic hydroxyl groups is 1. The van der Waals surface area contributed by atoms with Gasteiger partial charge in [0.05, 0.1) is 28.3 Å². The van der Waals surface area contributed by atoms with E-state index in [-0.39, 0.29) is 24.8 Å². The van der Waals surface area contributed by atoms with Crippen LogP contribution < -0.4 is 10.6 Å². The van der Waals surface area contributed by atoms with Gasteiger partial charge >= 0.3 is 0 Å². The van der Waals surface area contributed by atoms with E-state index in [1.165, 1.54) is 6.07 Å². The molecule has 1 heterocycles. The number of H-pyrrole nitrogens is 1. The van der Waals surface area contributed by atoms with Gasteiger partial charge in [0.25, 0.3) is 5.69 Å². The second-order valence-electron chi connectivity index (χ2n) is 6.34. The van der Waals surface area contributed by atoms with Gasteiger partial charge in [-0.05, 0) is 50.2 Å². The molecule has 1 aromatic heterocycles. The van der Waals surface area contributed by atoms with Crippen LogP contribution in [0.3, 0.4) is 0 Å². The minimum Gasteiger partial charge on any atom is -0.395 e. The standard InChI is InChI=1S/C19H23N7O3/c1-2-25(11-12-27)14-5-3-13(4-6-14)23-24-19-21-16-7-8-17(26(28)29)15(9-10-20)18(16)22-19/h3-8,27H,2,9-12,20H2,1H3,(H,21,22). The number of nitrogens with two attached hydrogens (primary N) is 1. The molecular weight excluding hydrogens is 374 g/mol. The topological polar surface area (TPSA) is 146 Å². The molecule has 0 saturated carbocycles. The maximum atomic E-state index is 11.3. The molecule has 10 heteroatoms. The Labute approximate surface area is 167 Å². The van der Waals surface area contributed by atoms with Crippen molar-refractivity contribution in [3.63, 3.8) is 0 Å². The fourth-order valence-electron chi connectivity index (χ4n) is 3.14. The van der Waals surface area contributed by atoms with Crippen molar-refractivity contribution in [2.75, 3.05) is 31.1 Å². The van der Waals surface area contributed by atoms with Crippen molar-refractivity contribution in [3.05, 3.63) is 52.1 Å². The van der Waals surface area contributed by atoms with Gasteiger partial charge in [0, 0.05) is 24.8 Å². The van der Waals surface area contributed by atoms with Crippen molar-refractivity contribution in [1.82, 2.24) is 9.97 Å². The van der Waals surface area contributed by atoms with Crippen LogP contribution in [0, 0.1) is 10.1 Å².